The number of nitrogen functional groups attached to an aromatic ring is 1. The SMILES string of the molecule is Nc1cccc(C(=O)c2ccc(Br)s2)c1Br. The lowest BCUT2D eigenvalue weighted by molar-refractivity contribution is 0.104. The summed E-state index contributed by atoms with van der Waals surface area (Å²) < 4.78 is 1.60. The van der Waals surface area contributed by atoms with Crippen molar-refractivity contribution in [2.75, 3.05) is 5.73 Å². The third-order valence-corrected chi connectivity index (χ3v) is 4.58. The van der Waals surface area contributed by atoms with Crippen LogP contribution >= 0.6 is 43.2 Å². The second kappa shape index (κ2) is 4.69. The zero-order chi connectivity index (χ0) is 11.7. The van der Waals surface area contributed by atoms with Gasteiger partial charge in [0.2, 0.25) is 5.78 Å². The molecule has 82 valence electrons. The van der Waals surface area contributed by atoms with Crippen LogP contribution in [0.25, 0.3) is 0 Å². The molecule has 5 heteroatoms. The maximum Gasteiger partial charge on any atom is 0.204 e. The van der Waals surface area contributed by atoms with E-state index in [1.807, 2.05) is 6.07 Å². The Labute approximate surface area is 114 Å². The van der Waals surface area contributed by atoms with Crippen molar-refractivity contribution in [1.29, 1.82) is 0 Å². The average molecular weight is 361 g/mol. The zero-order valence-corrected chi connectivity index (χ0v) is 12.0. The maximum atomic E-state index is 12.1. The quantitative estimate of drug-likeness (QED) is 0.647. The van der Waals surface area contributed by atoms with Crippen LogP contribution in [0.3, 0.4) is 0 Å². The normalized spacial score (nSPS) is 10.4. The number of carbonyl (C=O) groups is 1. The number of hydrogen-bond acceptors (Lipinski definition) is 3. The predicted octanol–water partition coefficient (Wildman–Crippen LogP) is 4.09. The number of rotatable bonds is 2. The van der Waals surface area contributed by atoms with E-state index in [1.165, 1.54) is 11.3 Å². The molecule has 0 amide bonds. The molecule has 1 aromatic heterocycles. The van der Waals surface area contributed by atoms with E-state index in [1.54, 1.807) is 24.3 Å². The van der Waals surface area contributed by atoms with Crippen molar-refractivity contribution < 1.29 is 4.79 Å². The van der Waals surface area contributed by atoms with Crippen molar-refractivity contribution in [2.45, 2.75) is 0 Å². The van der Waals surface area contributed by atoms with E-state index in [0.717, 1.165) is 3.79 Å². The summed E-state index contributed by atoms with van der Waals surface area (Å²) in [6.07, 6.45) is 0. The molecule has 0 aliphatic carbocycles. The summed E-state index contributed by atoms with van der Waals surface area (Å²) in [5, 5.41) is 0. The molecule has 0 atom stereocenters. The number of thiophene rings is 1. The van der Waals surface area contributed by atoms with Gasteiger partial charge in [-0.25, -0.2) is 0 Å². The summed E-state index contributed by atoms with van der Waals surface area (Å²) in [5.74, 6) is -0.0186. The van der Waals surface area contributed by atoms with E-state index in [2.05, 4.69) is 31.9 Å². The number of hydrogen-bond donors (Lipinski definition) is 1. The van der Waals surface area contributed by atoms with Crippen LogP contribution in [-0.4, -0.2) is 5.78 Å². The fraction of sp³-hybridized carbons (Fsp3) is 0. The second-order valence-electron chi connectivity index (χ2n) is 3.14. The third-order valence-electron chi connectivity index (χ3n) is 2.07. The molecular formula is C11H7Br2NOS. The van der Waals surface area contributed by atoms with E-state index in [4.69, 9.17) is 5.73 Å². The summed E-state index contributed by atoms with van der Waals surface area (Å²) in [6, 6.07) is 8.95. The second-order valence-corrected chi connectivity index (χ2v) is 6.40. The van der Waals surface area contributed by atoms with Gasteiger partial charge in [0.1, 0.15) is 0 Å². The first-order valence-corrected chi connectivity index (χ1v) is 6.84. The lowest BCUT2D eigenvalue weighted by atomic mass is 10.1. The van der Waals surface area contributed by atoms with E-state index in [9.17, 15) is 4.79 Å². The van der Waals surface area contributed by atoms with E-state index in [0.29, 0.717) is 20.6 Å². The fourth-order valence-electron chi connectivity index (χ4n) is 1.29. The molecule has 16 heavy (non-hydrogen) atoms. The van der Waals surface area contributed by atoms with Crippen molar-refractivity contribution in [3.63, 3.8) is 0 Å². The predicted molar refractivity (Wildman–Crippen MR) is 74.0 cm³/mol. The topological polar surface area (TPSA) is 43.1 Å². The summed E-state index contributed by atoms with van der Waals surface area (Å²) in [4.78, 5) is 12.8. The van der Waals surface area contributed by atoms with Gasteiger partial charge in [-0.3, -0.25) is 4.79 Å². The van der Waals surface area contributed by atoms with Crippen LogP contribution in [0.5, 0.6) is 0 Å². The number of anilines is 1. The first kappa shape index (κ1) is 11.8. The van der Waals surface area contributed by atoms with Gasteiger partial charge in [-0.1, -0.05) is 6.07 Å². The molecule has 2 rings (SSSR count). The van der Waals surface area contributed by atoms with Gasteiger partial charge in [0, 0.05) is 11.3 Å². The maximum absolute atomic E-state index is 12.1. The fourth-order valence-corrected chi connectivity index (χ4v) is 3.08. The number of carbonyl (C=O) groups excluding carboxylic acids is 1. The molecule has 1 aromatic carbocycles. The van der Waals surface area contributed by atoms with Gasteiger partial charge in [-0.15, -0.1) is 11.3 Å². The Kier molecular flexibility index (Phi) is 3.47. The Bertz CT molecular complexity index is 551. The molecule has 2 nitrogen and oxygen atoms in total. The lowest BCUT2D eigenvalue weighted by Crippen LogP contribution is -2.01. The number of benzene rings is 1. The minimum absolute atomic E-state index is 0.0186. The summed E-state index contributed by atoms with van der Waals surface area (Å²) in [7, 11) is 0. The smallest absolute Gasteiger partial charge is 0.204 e. The Balaban J connectivity index is 2.45. The summed E-state index contributed by atoms with van der Waals surface area (Å²) in [6.45, 7) is 0. The standard InChI is InChI=1S/C11H7Br2NOS/c12-9-5-4-8(16-9)11(15)6-2-1-3-7(14)10(6)13/h1-5H,14H2. The monoisotopic (exact) mass is 359 g/mol. The molecule has 0 radical (unpaired) electrons. The van der Waals surface area contributed by atoms with Gasteiger partial charge < -0.3 is 5.73 Å². The van der Waals surface area contributed by atoms with Crippen LogP contribution in [-0.2, 0) is 0 Å². The van der Waals surface area contributed by atoms with Crippen LogP contribution in [0.15, 0.2) is 38.6 Å². The first-order valence-electron chi connectivity index (χ1n) is 4.43. The van der Waals surface area contributed by atoms with Crippen LogP contribution in [0, 0.1) is 0 Å². The number of ketones is 1. The highest BCUT2D eigenvalue weighted by molar-refractivity contribution is 9.11. The zero-order valence-electron chi connectivity index (χ0n) is 8.04. The molecule has 0 fully saturated rings. The van der Waals surface area contributed by atoms with Gasteiger partial charge >= 0.3 is 0 Å². The van der Waals surface area contributed by atoms with Crippen LogP contribution < -0.4 is 5.73 Å². The molecule has 0 aliphatic heterocycles. The van der Waals surface area contributed by atoms with Crippen molar-refractivity contribution in [1.82, 2.24) is 0 Å². The van der Waals surface area contributed by atoms with E-state index >= 15 is 0 Å². The van der Waals surface area contributed by atoms with Gasteiger partial charge in [0.15, 0.2) is 0 Å². The van der Waals surface area contributed by atoms with E-state index < -0.39 is 0 Å². The van der Waals surface area contributed by atoms with Crippen molar-refractivity contribution in [3.8, 4) is 0 Å². The Morgan fingerprint density at radius 3 is 2.56 bits per heavy atom. The number of nitrogens with two attached hydrogens (primary N) is 1. The molecule has 0 saturated carbocycles. The highest BCUT2D eigenvalue weighted by Gasteiger charge is 2.15. The molecule has 2 aromatic rings. The van der Waals surface area contributed by atoms with Crippen LogP contribution in [0.1, 0.15) is 15.2 Å². The minimum atomic E-state index is -0.0186. The first-order chi connectivity index (χ1) is 7.59. The minimum Gasteiger partial charge on any atom is -0.398 e. The molecule has 0 bridgehead atoms. The van der Waals surface area contributed by atoms with Crippen molar-refractivity contribution >= 4 is 54.7 Å². The van der Waals surface area contributed by atoms with Gasteiger partial charge in [-0.05, 0) is 56.1 Å². The largest absolute Gasteiger partial charge is 0.398 e. The Morgan fingerprint density at radius 2 is 1.94 bits per heavy atom. The lowest BCUT2D eigenvalue weighted by Gasteiger charge is -2.04. The molecule has 1 heterocycles. The van der Waals surface area contributed by atoms with Crippen LogP contribution in [0.2, 0.25) is 0 Å². The van der Waals surface area contributed by atoms with Crippen molar-refractivity contribution in [2.24, 2.45) is 0 Å². The average Bonchev–Trinajstić information content (AvgIpc) is 2.68. The summed E-state index contributed by atoms with van der Waals surface area (Å²) >= 11 is 8.08. The Hall–Kier alpha value is -0.650. The van der Waals surface area contributed by atoms with Gasteiger partial charge in [-0.2, -0.15) is 0 Å². The molecule has 0 unspecified atom stereocenters. The third kappa shape index (κ3) is 2.21. The van der Waals surface area contributed by atoms with Crippen molar-refractivity contribution in [3.05, 3.63) is 49.0 Å². The molecule has 0 aliphatic rings. The molecule has 0 saturated heterocycles. The highest BCUT2D eigenvalue weighted by Crippen LogP contribution is 2.29. The molecule has 2 N–H and O–H groups in total. The molecular weight excluding hydrogens is 354 g/mol. The van der Waals surface area contributed by atoms with Gasteiger partial charge in [0.25, 0.3) is 0 Å². The Morgan fingerprint density at radius 1 is 1.19 bits per heavy atom. The van der Waals surface area contributed by atoms with Gasteiger partial charge in [0.05, 0.1) is 13.1 Å². The highest BCUT2D eigenvalue weighted by atomic mass is 79.9. The van der Waals surface area contributed by atoms with E-state index in [-0.39, 0.29) is 5.78 Å². The molecule has 0 spiro atoms. The number of halogens is 2. The summed E-state index contributed by atoms with van der Waals surface area (Å²) in [5.41, 5.74) is 6.90. The van der Waals surface area contributed by atoms with Crippen LogP contribution in [0.4, 0.5) is 5.69 Å².